The van der Waals surface area contributed by atoms with Gasteiger partial charge in [-0.1, -0.05) is 0 Å². The summed E-state index contributed by atoms with van der Waals surface area (Å²) in [7, 11) is 2.48. The van der Waals surface area contributed by atoms with Crippen LogP contribution in [-0.2, 0) is 4.74 Å². The summed E-state index contributed by atoms with van der Waals surface area (Å²) >= 11 is 0. The molecule has 78 valence electrons. The van der Waals surface area contributed by atoms with Gasteiger partial charge in [0.1, 0.15) is 0 Å². The van der Waals surface area contributed by atoms with Crippen LogP contribution >= 0.6 is 0 Å². The van der Waals surface area contributed by atoms with Gasteiger partial charge in [0.2, 0.25) is 11.1 Å². The molecular weight excluding hydrogens is 200 g/mol. The third-order valence-electron chi connectivity index (χ3n) is 1.82. The van der Waals surface area contributed by atoms with Crippen molar-refractivity contribution in [2.45, 2.75) is 0 Å². The summed E-state index contributed by atoms with van der Waals surface area (Å²) in [6, 6.07) is 2.60. The van der Waals surface area contributed by atoms with Crippen molar-refractivity contribution in [2.24, 2.45) is 0 Å². The molecule has 0 amide bonds. The molecule has 6 nitrogen and oxygen atoms in total. The van der Waals surface area contributed by atoms with Gasteiger partial charge in [0.15, 0.2) is 4.98 Å². The van der Waals surface area contributed by atoms with E-state index in [2.05, 4.69) is 9.71 Å². The quantitative estimate of drug-likeness (QED) is 0.535. The normalized spacial score (nSPS) is 9.13. The second-order valence-corrected chi connectivity index (χ2v) is 2.58. The largest absolute Gasteiger partial charge is 0.866 e. The van der Waals surface area contributed by atoms with Gasteiger partial charge in [-0.25, -0.2) is 4.79 Å². The lowest BCUT2D eigenvalue weighted by molar-refractivity contribution is -0.267. The highest BCUT2D eigenvalue weighted by atomic mass is 16.5. The smallest absolute Gasteiger partial charge is 0.419 e. The molecule has 0 N–H and O–H groups in total. The predicted octanol–water partition coefficient (Wildman–Crippen LogP) is 1.04. The maximum absolute atomic E-state index is 11.5. The minimum atomic E-state index is -0.785. The third kappa shape index (κ3) is 1.81. The number of methoxy groups -OCH3 is 2. The van der Waals surface area contributed by atoms with Crippen molar-refractivity contribution >= 4 is 11.7 Å². The number of carbonyl (C=O) groups excluding carboxylic acids is 1. The summed E-state index contributed by atoms with van der Waals surface area (Å²) in [5.41, 5.74) is -0.522. The molecule has 0 saturated heterocycles. The Labute approximate surface area is 85.7 Å². The highest BCUT2D eigenvalue weighted by Crippen LogP contribution is 2.37. The number of rotatable bonds is 2. The Balaban J connectivity index is 3.37. The molecule has 1 aromatic rings. The van der Waals surface area contributed by atoms with Crippen molar-refractivity contribution in [3.05, 3.63) is 22.7 Å². The zero-order chi connectivity index (χ0) is 11.4. The fourth-order valence-electron chi connectivity index (χ4n) is 1.08. The molecule has 0 aromatic heterocycles. The summed E-state index contributed by atoms with van der Waals surface area (Å²) in [4.78, 5) is 13.9. The number of ether oxygens (including phenoxy) is 2. The average Bonchev–Trinajstić information content (AvgIpc) is 2.27. The van der Waals surface area contributed by atoms with Gasteiger partial charge in [-0.3, -0.25) is 0 Å². The second-order valence-electron chi connectivity index (χ2n) is 2.58. The second kappa shape index (κ2) is 4.28. The van der Waals surface area contributed by atoms with E-state index in [0.29, 0.717) is 0 Å². The monoisotopic (exact) mass is 208 g/mol. The van der Waals surface area contributed by atoms with Gasteiger partial charge < -0.3 is 14.6 Å². The highest BCUT2D eigenvalue weighted by molar-refractivity contribution is 5.95. The summed E-state index contributed by atoms with van der Waals surface area (Å²) in [5.74, 6) is -1.42. The van der Waals surface area contributed by atoms with E-state index in [1.165, 1.54) is 19.2 Å². The maximum atomic E-state index is 11.5. The summed E-state index contributed by atoms with van der Waals surface area (Å²) in [5, 5.41) is 20.1. The zero-order valence-electron chi connectivity index (χ0n) is 8.18. The predicted molar refractivity (Wildman–Crippen MR) is 48.5 cm³/mol. The van der Waals surface area contributed by atoms with E-state index in [0.717, 1.165) is 7.11 Å². The van der Waals surface area contributed by atoms with Gasteiger partial charge in [0, 0.05) is 5.75 Å². The van der Waals surface area contributed by atoms with Crippen molar-refractivity contribution in [3.63, 3.8) is 0 Å². The van der Waals surface area contributed by atoms with Gasteiger partial charge in [-0.15, -0.1) is 0 Å². The average molecular weight is 208 g/mol. The van der Waals surface area contributed by atoms with Crippen LogP contribution in [0.4, 0.5) is 5.69 Å². The molecule has 0 atom stereocenters. The standard InChI is InChI=1S/C9H8N2O4/c1-14-6-4-3-5(9(13)15-2)8(12)7(6)11-10/h3-4H,1-2H3. The van der Waals surface area contributed by atoms with Gasteiger partial charge in [0.25, 0.3) is 0 Å². The summed E-state index contributed by atoms with van der Waals surface area (Å²) in [6.45, 7) is 0. The molecule has 1 aromatic carbocycles. The molecule has 1 rings (SSSR count). The molecule has 0 fully saturated rings. The molecule has 0 aliphatic heterocycles. The first kappa shape index (κ1) is 10.8. The first-order valence-electron chi connectivity index (χ1n) is 3.97. The maximum Gasteiger partial charge on any atom is 0.419 e. The molecule has 0 aliphatic carbocycles. The minimum absolute atomic E-state index is 0.0927. The Morgan fingerprint density at radius 1 is 1.47 bits per heavy atom. The van der Waals surface area contributed by atoms with Crippen LogP contribution in [0.1, 0.15) is 10.4 Å². The molecule has 0 radical (unpaired) electrons. The van der Waals surface area contributed by atoms with Crippen molar-refractivity contribution in [3.8, 4) is 11.5 Å². The van der Waals surface area contributed by atoms with Gasteiger partial charge in [0.05, 0.1) is 19.8 Å². The lowest BCUT2D eigenvalue weighted by Gasteiger charge is -2.09. The lowest BCUT2D eigenvalue weighted by atomic mass is 10.1. The minimum Gasteiger partial charge on any atom is -0.866 e. The number of benzene rings is 1. The van der Waals surface area contributed by atoms with E-state index in [-0.39, 0.29) is 17.0 Å². The van der Waals surface area contributed by atoms with Crippen molar-refractivity contribution < 1.29 is 19.4 Å². The molecule has 6 heteroatoms. The third-order valence-corrected chi connectivity index (χ3v) is 1.82. The van der Waals surface area contributed by atoms with E-state index >= 15 is 0 Å². The molecular formula is C9H8N2O4. The Morgan fingerprint density at radius 2 is 2.13 bits per heavy atom. The molecule has 0 aliphatic rings. The van der Waals surface area contributed by atoms with Crippen molar-refractivity contribution in [1.29, 1.82) is 5.39 Å². The van der Waals surface area contributed by atoms with Crippen LogP contribution < -0.4 is 9.84 Å². The molecule has 0 heterocycles. The molecule has 0 saturated carbocycles. The Bertz CT molecular complexity index is 436. The van der Waals surface area contributed by atoms with Gasteiger partial charge in [-0.2, -0.15) is 0 Å². The van der Waals surface area contributed by atoms with E-state index in [1.807, 2.05) is 0 Å². The molecule has 0 unspecified atom stereocenters. The van der Waals surface area contributed by atoms with Crippen LogP contribution in [0.5, 0.6) is 11.5 Å². The van der Waals surface area contributed by atoms with Crippen LogP contribution in [0.15, 0.2) is 12.1 Å². The molecule has 0 spiro atoms. The highest BCUT2D eigenvalue weighted by Gasteiger charge is 2.21. The van der Waals surface area contributed by atoms with E-state index in [9.17, 15) is 9.90 Å². The van der Waals surface area contributed by atoms with E-state index in [4.69, 9.17) is 10.1 Å². The van der Waals surface area contributed by atoms with Crippen LogP contribution in [0.25, 0.3) is 4.98 Å². The molecule has 0 bridgehead atoms. The number of esters is 1. The number of hydrogen-bond donors (Lipinski definition) is 0. The number of carbonyl (C=O) groups is 1. The van der Waals surface area contributed by atoms with Crippen molar-refractivity contribution in [2.75, 3.05) is 14.2 Å². The Hall–Kier alpha value is -2.29. The summed E-state index contributed by atoms with van der Waals surface area (Å²) in [6.07, 6.45) is 0. The number of nitrogens with zero attached hydrogens (tertiary/aromatic N) is 2. The van der Waals surface area contributed by atoms with Crippen LogP contribution in [-0.4, -0.2) is 20.2 Å². The van der Waals surface area contributed by atoms with Crippen LogP contribution in [0.2, 0.25) is 0 Å². The topological polar surface area (TPSA) is 86.7 Å². The van der Waals surface area contributed by atoms with Crippen molar-refractivity contribution in [1.82, 2.24) is 0 Å². The Kier molecular flexibility index (Phi) is 3.08. The lowest BCUT2D eigenvalue weighted by Crippen LogP contribution is -2.07. The van der Waals surface area contributed by atoms with Crippen LogP contribution in [0, 0.1) is 5.39 Å². The first-order chi connectivity index (χ1) is 7.15. The van der Waals surface area contributed by atoms with Gasteiger partial charge >= 0.3 is 11.7 Å². The van der Waals surface area contributed by atoms with Gasteiger partial charge in [-0.05, 0) is 12.1 Å². The fourth-order valence-corrected chi connectivity index (χ4v) is 1.08. The van der Waals surface area contributed by atoms with E-state index < -0.39 is 11.7 Å². The van der Waals surface area contributed by atoms with Crippen LogP contribution in [0.3, 0.4) is 0 Å². The van der Waals surface area contributed by atoms with E-state index in [1.54, 1.807) is 0 Å². The summed E-state index contributed by atoms with van der Waals surface area (Å²) < 4.78 is 9.17. The number of diazo groups is 1. The Morgan fingerprint density at radius 3 is 2.60 bits per heavy atom. The number of hydrogen-bond acceptors (Lipinski definition) is 5. The zero-order valence-corrected chi connectivity index (χ0v) is 8.18. The SMILES string of the molecule is COC(=O)c1ccc(OC)c([N+]#N)c1[O-]. The molecule has 15 heavy (non-hydrogen) atoms. The fraction of sp³-hybridized carbons (Fsp3) is 0.222. The first-order valence-corrected chi connectivity index (χ1v) is 3.97.